The lowest BCUT2D eigenvalue weighted by molar-refractivity contribution is -0.153. The van der Waals surface area contributed by atoms with Gasteiger partial charge < -0.3 is 9.33 Å². The number of nitrogens with zero attached hydrogens (tertiary/aromatic N) is 1. The second-order valence-electron chi connectivity index (χ2n) is 7.37. The first kappa shape index (κ1) is 17.6. The first-order chi connectivity index (χ1) is 10.1. The molecule has 1 aromatic rings. The quantitative estimate of drug-likeness (QED) is 0.576. The number of likely N-dealkylation sites (tertiary alicyclic amines) is 1. The summed E-state index contributed by atoms with van der Waals surface area (Å²) in [5.74, 6) is 0.194. The maximum absolute atomic E-state index is 12.1. The summed E-state index contributed by atoms with van der Waals surface area (Å²) in [5, 5.41) is 0.340. The van der Waals surface area contributed by atoms with Crippen molar-refractivity contribution in [1.82, 2.24) is 4.90 Å². The molecule has 1 amide bonds. The van der Waals surface area contributed by atoms with E-state index in [0.717, 1.165) is 0 Å². The standard InChI is InChI=1S/C17H27NO2SSi/c1-13(20-22(5,6)17(2,3)4)18-15(19)12-16(18)21-14-10-8-7-9-11-14/h7-11,13,16H,12H2,1-6H3/t13-,16?/m1/s1. The van der Waals surface area contributed by atoms with Crippen molar-refractivity contribution >= 4 is 26.0 Å². The third-order valence-corrected chi connectivity index (χ3v) is 10.4. The van der Waals surface area contributed by atoms with Gasteiger partial charge in [-0.25, -0.2) is 0 Å². The van der Waals surface area contributed by atoms with Gasteiger partial charge in [-0.3, -0.25) is 4.79 Å². The molecule has 1 saturated heterocycles. The Morgan fingerprint density at radius 1 is 1.27 bits per heavy atom. The molecule has 1 fully saturated rings. The number of rotatable bonds is 5. The van der Waals surface area contributed by atoms with Gasteiger partial charge >= 0.3 is 0 Å². The summed E-state index contributed by atoms with van der Waals surface area (Å²) in [5.41, 5.74) is 0. The Kier molecular flexibility index (Phi) is 5.09. The molecule has 2 rings (SSSR count). The largest absolute Gasteiger partial charge is 0.397 e. The van der Waals surface area contributed by atoms with Crippen LogP contribution in [0.4, 0.5) is 0 Å². The molecule has 1 unspecified atom stereocenters. The highest BCUT2D eigenvalue weighted by molar-refractivity contribution is 8.00. The summed E-state index contributed by atoms with van der Waals surface area (Å²) in [7, 11) is -1.87. The van der Waals surface area contributed by atoms with Gasteiger partial charge in [-0.2, -0.15) is 0 Å². The number of hydrogen-bond acceptors (Lipinski definition) is 3. The summed E-state index contributed by atoms with van der Waals surface area (Å²) in [6, 6.07) is 10.2. The molecule has 122 valence electrons. The van der Waals surface area contributed by atoms with Crippen LogP contribution in [0.1, 0.15) is 34.1 Å². The van der Waals surface area contributed by atoms with E-state index in [9.17, 15) is 4.79 Å². The van der Waals surface area contributed by atoms with Crippen LogP contribution in [0.2, 0.25) is 18.1 Å². The fourth-order valence-electron chi connectivity index (χ4n) is 2.25. The molecular weight excluding hydrogens is 310 g/mol. The Bertz CT molecular complexity index is 527. The van der Waals surface area contributed by atoms with Gasteiger partial charge in [-0.1, -0.05) is 39.0 Å². The minimum Gasteiger partial charge on any atom is -0.397 e. The fraction of sp³-hybridized carbons (Fsp3) is 0.588. The topological polar surface area (TPSA) is 29.5 Å². The van der Waals surface area contributed by atoms with Crippen molar-refractivity contribution in [3.05, 3.63) is 30.3 Å². The molecule has 5 heteroatoms. The van der Waals surface area contributed by atoms with Gasteiger partial charge in [0.05, 0.1) is 11.8 Å². The number of benzene rings is 1. The summed E-state index contributed by atoms with van der Waals surface area (Å²) >= 11 is 1.74. The Balaban J connectivity index is 2.02. The van der Waals surface area contributed by atoms with Crippen LogP contribution in [0.15, 0.2) is 35.2 Å². The zero-order valence-corrected chi connectivity index (χ0v) is 16.2. The molecule has 0 aromatic heterocycles. The number of β-lactam (4-membered cyclic amide) rings is 1. The van der Waals surface area contributed by atoms with E-state index in [1.165, 1.54) is 4.90 Å². The number of hydrogen-bond donors (Lipinski definition) is 0. The zero-order valence-electron chi connectivity index (χ0n) is 14.4. The molecule has 0 radical (unpaired) electrons. The van der Waals surface area contributed by atoms with Crippen LogP contribution in [-0.4, -0.2) is 30.7 Å². The normalized spacial score (nSPS) is 20.7. The van der Waals surface area contributed by atoms with Crippen LogP contribution in [0.5, 0.6) is 0 Å². The van der Waals surface area contributed by atoms with Crippen molar-refractivity contribution in [2.24, 2.45) is 0 Å². The predicted octanol–water partition coefficient (Wildman–Crippen LogP) is 4.70. The minimum atomic E-state index is -1.87. The molecule has 0 bridgehead atoms. The van der Waals surface area contributed by atoms with Gasteiger partial charge in [0.25, 0.3) is 0 Å². The molecule has 1 heterocycles. The van der Waals surface area contributed by atoms with Gasteiger partial charge in [-0.15, -0.1) is 11.8 Å². The molecule has 0 spiro atoms. The number of carbonyl (C=O) groups is 1. The van der Waals surface area contributed by atoms with E-state index in [0.29, 0.717) is 6.42 Å². The first-order valence-electron chi connectivity index (χ1n) is 7.82. The van der Waals surface area contributed by atoms with Gasteiger partial charge in [0, 0.05) is 4.90 Å². The zero-order chi connectivity index (χ0) is 16.5. The van der Waals surface area contributed by atoms with Crippen LogP contribution in [0.3, 0.4) is 0 Å². The second-order valence-corrected chi connectivity index (χ2v) is 13.4. The van der Waals surface area contributed by atoms with E-state index < -0.39 is 8.32 Å². The van der Waals surface area contributed by atoms with E-state index >= 15 is 0 Å². The molecule has 0 aliphatic carbocycles. The van der Waals surface area contributed by atoms with E-state index in [-0.39, 0.29) is 22.5 Å². The van der Waals surface area contributed by atoms with Crippen LogP contribution < -0.4 is 0 Å². The van der Waals surface area contributed by atoms with Crippen molar-refractivity contribution in [1.29, 1.82) is 0 Å². The molecule has 1 aromatic carbocycles. The molecule has 0 saturated carbocycles. The Morgan fingerprint density at radius 3 is 2.36 bits per heavy atom. The van der Waals surface area contributed by atoms with Crippen molar-refractivity contribution in [3.63, 3.8) is 0 Å². The van der Waals surface area contributed by atoms with Gasteiger partial charge in [0.2, 0.25) is 5.91 Å². The Labute approximate surface area is 139 Å². The first-order valence-corrected chi connectivity index (χ1v) is 11.6. The van der Waals surface area contributed by atoms with Crippen LogP contribution in [0.25, 0.3) is 0 Å². The summed E-state index contributed by atoms with van der Waals surface area (Å²) in [6.07, 6.45) is 0.452. The average molecular weight is 338 g/mol. The Morgan fingerprint density at radius 2 is 1.86 bits per heavy atom. The molecule has 1 aliphatic heterocycles. The van der Waals surface area contributed by atoms with Crippen molar-refractivity contribution in [3.8, 4) is 0 Å². The average Bonchev–Trinajstić information content (AvgIpc) is 2.36. The predicted molar refractivity (Wildman–Crippen MR) is 95.3 cm³/mol. The highest BCUT2D eigenvalue weighted by atomic mass is 32.2. The third kappa shape index (κ3) is 3.75. The van der Waals surface area contributed by atoms with Crippen LogP contribution in [0, 0.1) is 0 Å². The molecule has 0 N–H and O–H groups in total. The molecular formula is C17H27NO2SSi. The molecule has 22 heavy (non-hydrogen) atoms. The SMILES string of the molecule is C[C@@H](O[Si](C)(C)C(C)(C)C)N1C(=O)CC1Sc1ccccc1. The lowest BCUT2D eigenvalue weighted by Crippen LogP contribution is -2.59. The lowest BCUT2D eigenvalue weighted by atomic mass is 10.2. The molecule has 3 nitrogen and oxygen atoms in total. The maximum Gasteiger partial charge on any atom is 0.228 e. The maximum atomic E-state index is 12.1. The molecule has 1 aliphatic rings. The second kappa shape index (κ2) is 6.38. The van der Waals surface area contributed by atoms with Gasteiger partial charge in [0.15, 0.2) is 8.32 Å². The smallest absolute Gasteiger partial charge is 0.228 e. The van der Waals surface area contributed by atoms with Crippen molar-refractivity contribution < 1.29 is 9.22 Å². The summed E-state index contributed by atoms with van der Waals surface area (Å²) in [4.78, 5) is 15.2. The monoisotopic (exact) mass is 337 g/mol. The van der Waals surface area contributed by atoms with E-state index in [2.05, 4.69) is 46.0 Å². The van der Waals surface area contributed by atoms with Crippen molar-refractivity contribution in [2.45, 2.75) is 68.7 Å². The van der Waals surface area contributed by atoms with E-state index in [1.807, 2.05) is 30.0 Å². The highest BCUT2D eigenvalue weighted by Crippen LogP contribution is 2.41. The Hall–Kier alpha value is -0.783. The number of thioether (sulfide) groups is 1. The minimum absolute atomic E-state index is 0.150. The van der Waals surface area contributed by atoms with Crippen LogP contribution in [-0.2, 0) is 9.22 Å². The highest BCUT2D eigenvalue weighted by Gasteiger charge is 2.45. The summed E-state index contributed by atoms with van der Waals surface area (Å²) < 4.78 is 6.38. The summed E-state index contributed by atoms with van der Waals surface area (Å²) in [6.45, 7) is 13.1. The fourth-order valence-corrected chi connectivity index (χ4v) is 4.83. The third-order valence-electron chi connectivity index (χ3n) is 4.63. The lowest BCUT2D eigenvalue weighted by Gasteiger charge is -2.47. The number of amides is 1. The van der Waals surface area contributed by atoms with Gasteiger partial charge in [0.1, 0.15) is 6.23 Å². The van der Waals surface area contributed by atoms with Crippen molar-refractivity contribution in [2.75, 3.05) is 0 Å². The number of carbonyl (C=O) groups excluding carboxylic acids is 1. The molecule has 2 atom stereocenters. The van der Waals surface area contributed by atoms with E-state index in [1.54, 1.807) is 11.8 Å². The van der Waals surface area contributed by atoms with E-state index in [4.69, 9.17) is 4.43 Å². The van der Waals surface area contributed by atoms with Crippen LogP contribution >= 0.6 is 11.8 Å². The van der Waals surface area contributed by atoms with Gasteiger partial charge in [-0.05, 0) is 37.2 Å².